The minimum atomic E-state index is -3.25. The summed E-state index contributed by atoms with van der Waals surface area (Å²) < 4.78 is 28.0. The van der Waals surface area contributed by atoms with Crippen LogP contribution in [0.15, 0.2) is 36.7 Å². The molecule has 2 N–H and O–H groups in total. The number of sulfonamides is 1. The molecule has 34 heavy (non-hydrogen) atoms. The van der Waals surface area contributed by atoms with Crippen molar-refractivity contribution in [3.63, 3.8) is 0 Å². The van der Waals surface area contributed by atoms with Crippen molar-refractivity contribution in [2.45, 2.75) is 31.7 Å². The lowest BCUT2D eigenvalue weighted by atomic mass is 10.1. The molecule has 5 rings (SSSR count). The lowest BCUT2D eigenvalue weighted by molar-refractivity contribution is 0.343. The van der Waals surface area contributed by atoms with Crippen LogP contribution in [0.25, 0.3) is 11.3 Å². The van der Waals surface area contributed by atoms with Crippen molar-refractivity contribution in [3.8, 4) is 11.3 Å². The Labute approximate surface area is 208 Å². The van der Waals surface area contributed by atoms with Gasteiger partial charge in [0.25, 0.3) is 0 Å². The Balaban J connectivity index is 1.36. The molecule has 12 heteroatoms. The van der Waals surface area contributed by atoms with Crippen LogP contribution in [0.5, 0.6) is 0 Å². The van der Waals surface area contributed by atoms with Crippen LogP contribution in [-0.2, 0) is 10.0 Å². The van der Waals surface area contributed by atoms with Gasteiger partial charge in [-0.25, -0.2) is 18.4 Å². The first-order valence-electron chi connectivity index (χ1n) is 11.3. The predicted molar refractivity (Wildman–Crippen MR) is 135 cm³/mol. The highest BCUT2D eigenvalue weighted by molar-refractivity contribution is 7.92. The van der Waals surface area contributed by atoms with E-state index in [0.29, 0.717) is 46.0 Å². The van der Waals surface area contributed by atoms with Gasteiger partial charge in [0.2, 0.25) is 16.0 Å². The van der Waals surface area contributed by atoms with E-state index in [1.165, 1.54) is 10.5 Å². The van der Waals surface area contributed by atoms with Gasteiger partial charge in [0.05, 0.1) is 46.2 Å². The summed E-state index contributed by atoms with van der Waals surface area (Å²) >= 11 is 13.1. The van der Waals surface area contributed by atoms with E-state index in [1.54, 1.807) is 30.5 Å². The zero-order chi connectivity index (χ0) is 23.7. The average molecular weight is 522 g/mol. The van der Waals surface area contributed by atoms with Gasteiger partial charge in [-0.15, -0.1) is 0 Å². The third-order valence-corrected chi connectivity index (χ3v) is 8.67. The molecular formula is C22H25Cl2N7O2S. The second-order valence-corrected chi connectivity index (χ2v) is 11.2. The largest absolute Gasteiger partial charge is 0.324 e. The summed E-state index contributed by atoms with van der Waals surface area (Å²) in [6, 6.07) is 7.41. The third kappa shape index (κ3) is 4.72. The third-order valence-electron chi connectivity index (χ3n) is 6.15. The van der Waals surface area contributed by atoms with Gasteiger partial charge in [-0.2, -0.15) is 5.10 Å². The van der Waals surface area contributed by atoms with E-state index in [4.69, 9.17) is 23.2 Å². The van der Waals surface area contributed by atoms with Gasteiger partial charge in [0, 0.05) is 12.2 Å². The number of hydrogen-bond donors (Lipinski definition) is 2. The number of nitrogens with zero attached hydrogens (tertiary/aromatic N) is 5. The van der Waals surface area contributed by atoms with Crippen molar-refractivity contribution in [1.29, 1.82) is 0 Å². The molecule has 0 spiro atoms. The SMILES string of the molecule is O=S1(=O)CCCCN1c1ccc(Nc2ncc(Cl)c(-c3cnn(C4CCNCC4)c3Cl)n2)cc1. The molecule has 0 aliphatic carbocycles. The van der Waals surface area contributed by atoms with Crippen LogP contribution in [0, 0.1) is 0 Å². The van der Waals surface area contributed by atoms with Crippen LogP contribution in [-0.4, -0.2) is 53.6 Å². The molecule has 9 nitrogen and oxygen atoms in total. The Hall–Kier alpha value is -2.40. The van der Waals surface area contributed by atoms with E-state index in [-0.39, 0.29) is 11.8 Å². The highest BCUT2D eigenvalue weighted by atomic mass is 35.5. The van der Waals surface area contributed by atoms with Gasteiger partial charge in [0.1, 0.15) is 5.15 Å². The maximum atomic E-state index is 12.3. The van der Waals surface area contributed by atoms with Crippen molar-refractivity contribution in [2.24, 2.45) is 0 Å². The first-order valence-corrected chi connectivity index (χ1v) is 13.6. The molecule has 2 fully saturated rings. The van der Waals surface area contributed by atoms with E-state index in [1.807, 2.05) is 4.68 Å². The average Bonchev–Trinajstić information content (AvgIpc) is 3.22. The number of piperidine rings is 1. The monoisotopic (exact) mass is 521 g/mol. The zero-order valence-corrected chi connectivity index (χ0v) is 20.7. The first-order chi connectivity index (χ1) is 16.4. The molecule has 2 aliphatic rings. The van der Waals surface area contributed by atoms with Gasteiger partial charge < -0.3 is 10.6 Å². The van der Waals surface area contributed by atoms with Gasteiger partial charge >= 0.3 is 0 Å². The number of aromatic nitrogens is 4. The molecule has 0 saturated carbocycles. The number of hydrogen-bond acceptors (Lipinski definition) is 7. The smallest absolute Gasteiger partial charge is 0.235 e. The molecule has 1 aromatic carbocycles. The summed E-state index contributed by atoms with van der Waals surface area (Å²) in [5, 5.41) is 11.9. The van der Waals surface area contributed by atoms with E-state index in [0.717, 1.165) is 38.0 Å². The molecule has 4 heterocycles. The summed E-state index contributed by atoms with van der Waals surface area (Å²) in [4.78, 5) is 8.86. The van der Waals surface area contributed by atoms with Crippen LogP contribution in [0.3, 0.4) is 0 Å². The molecule has 0 radical (unpaired) electrons. The fourth-order valence-corrected chi connectivity index (χ4v) is 6.50. The number of halogens is 2. The van der Waals surface area contributed by atoms with Crippen LogP contribution in [0.1, 0.15) is 31.7 Å². The summed E-state index contributed by atoms with van der Waals surface area (Å²) in [5.41, 5.74) is 2.53. The summed E-state index contributed by atoms with van der Waals surface area (Å²) in [5.74, 6) is 0.536. The van der Waals surface area contributed by atoms with Crippen LogP contribution in [0.4, 0.5) is 17.3 Å². The molecule has 2 aliphatic heterocycles. The highest BCUT2D eigenvalue weighted by Gasteiger charge is 2.26. The molecule has 180 valence electrons. The molecule has 0 unspecified atom stereocenters. The van der Waals surface area contributed by atoms with Gasteiger partial charge in [-0.05, 0) is 63.0 Å². The topological polar surface area (TPSA) is 105 Å². The van der Waals surface area contributed by atoms with Gasteiger partial charge in [0.15, 0.2) is 0 Å². The maximum Gasteiger partial charge on any atom is 0.235 e. The Morgan fingerprint density at radius 1 is 1.06 bits per heavy atom. The minimum absolute atomic E-state index is 0.186. The summed E-state index contributed by atoms with van der Waals surface area (Å²) in [6.07, 6.45) is 6.70. The van der Waals surface area contributed by atoms with Crippen molar-refractivity contribution in [2.75, 3.05) is 35.0 Å². The fourth-order valence-electron chi connectivity index (χ4n) is 4.35. The number of benzene rings is 1. The standard InChI is InChI=1S/C22H25Cl2N7O2S/c23-19-14-26-22(28-15-3-5-16(6-4-15)30-11-1-2-12-34(30,32)33)29-20(19)18-13-27-31(21(18)24)17-7-9-25-10-8-17/h3-6,13-14,17,25H,1-2,7-12H2,(H,26,28,29). The molecule has 3 aromatic rings. The maximum absolute atomic E-state index is 12.3. The second kappa shape index (κ2) is 9.69. The molecular weight excluding hydrogens is 497 g/mol. The minimum Gasteiger partial charge on any atom is -0.324 e. The Kier molecular flexibility index (Phi) is 6.65. The van der Waals surface area contributed by atoms with Crippen LogP contribution >= 0.6 is 23.2 Å². The van der Waals surface area contributed by atoms with Crippen molar-refractivity contribution < 1.29 is 8.42 Å². The Morgan fingerprint density at radius 2 is 1.82 bits per heavy atom. The Morgan fingerprint density at radius 3 is 2.56 bits per heavy atom. The fraction of sp³-hybridized carbons (Fsp3) is 0.409. The number of nitrogens with one attached hydrogen (secondary N) is 2. The Bertz CT molecular complexity index is 1270. The van der Waals surface area contributed by atoms with E-state index >= 15 is 0 Å². The van der Waals surface area contributed by atoms with E-state index < -0.39 is 10.0 Å². The lowest BCUT2D eigenvalue weighted by Crippen LogP contribution is -2.37. The predicted octanol–water partition coefficient (Wildman–Crippen LogP) is 4.25. The second-order valence-electron chi connectivity index (χ2n) is 8.43. The van der Waals surface area contributed by atoms with Gasteiger partial charge in [-0.1, -0.05) is 23.2 Å². The van der Waals surface area contributed by atoms with Gasteiger partial charge in [-0.3, -0.25) is 8.99 Å². The zero-order valence-electron chi connectivity index (χ0n) is 18.4. The normalized spacial score (nSPS) is 18.7. The lowest BCUT2D eigenvalue weighted by Gasteiger charge is -2.28. The van der Waals surface area contributed by atoms with Crippen molar-refractivity contribution in [3.05, 3.63) is 46.8 Å². The van der Waals surface area contributed by atoms with Crippen LogP contribution < -0.4 is 14.9 Å². The van der Waals surface area contributed by atoms with E-state index in [2.05, 4.69) is 25.7 Å². The molecule has 0 atom stereocenters. The quantitative estimate of drug-likeness (QED) is 0.516. The summed E-state index contributed by atoms with van der Waals surface area (Å²) in [6.45, 7) is 2.37. The van der Waals surface area contributed by atoms with Crippen molar-refractivity contribution in [1.82, 2.24) is 25.1 Å². The highest BCUT2D eigenvalue weighted by Crippen LogP contribution is 2.35. The number of anilines is 3. The summed E-state index contributed by atoms with van der Waals surface area (Å²) in [7, 11) is -3.25. The number of rotatable bonds is 5. The van der Waals surface area contributed by atoms with E-state index in [9.17, 15) is 8.42 Å². The first kappa shape index (κ1) is 23.3. The van der Waals surface area contributed by atoms with Crippen molar-refractivity contribution >= 4 is 50.5 Å². The molecule has 2 aromatic heterocycles. The molecule has 2 saturated heterocycles. The molecule has 0 bridgehead atoms. The molecule has 0 amide bonds. The van der Waals surface area contributed by atoms with Crippen LogP contribution in [0.2, 0.25) is 10.2 Å².